The van der Waals surface area contributed by atoms with Gasteiger partial charge in [0.05, 0.1) is 0 Å². The number of ether oxygens (including phenoxy) is 2. The Hall–Kier alpha value is -2.57. The van der Waals surface area contributed by atoms with Crippen LogP contribution in [0.2, 0.25) is 0 Å². The first-order valence-electron chi connectivity index (χ1n) is 11.4. The van der Waals surface area contributed by atoms with Gasteiger partial charge in [-0.15, -0.1) is 0 Å². The molecule has 1 fully saturated rings. The van der Waals surface area contributed by atoms with E-state index < -0.39 is 0 Å². The summed E-state index contributed by atoms with van der Waals surface area (Å²) < 4.78 is 10.9. The predicted octanol–water partition coefficient (Wildman–Crippen LogP) is 1.16. The molecule has 0 aromatic heterocycles. The first kappa shape index (κ1) is 21.7. The predicted molar refractivity (Wildman–Crippen MR) is 121 cm³/mol. The number of hydrogen-bond acceptors (Lipinski definition) is 3. The molecule has 6 nitrogen and oxygen atoms in total. The van der Waals surface area contributed by atoms with Crippen LogP contribution in [-0.4, -0.2) is 44.9 Å². The van der Waals surface area contributed by atoms with Crippen LogP contribution in [0.15, 0.2) is 36.4 Å². The number of quaternary nitrogens is 2. The minimum atomic E-state index is -0.0632. The first-order valence-corrected chi connectivity index (χ1v) is 11.4. The number of fused-ring (bicyclic) bond motifs is 1. The van der Waals surface area contributed by atoms with Crippen molar-refractivity contribution in [1.29, 1.82) is 0 Å². The van der Waals surface area contributed by atoms with E-state index in [1.807, 2.05) is 6.07 Å². The second-order valence-electron chi connectivity index (χ2n) is 9.18. The van der Waals surface area contributed by atoms with Crippen molar-refractivity contribution in [2.45, 2.75) is 46.2 Å². The lowest BCUT2D eigenvalue weighted by Crippen LogP contribution is -3.29. The molecule has 166 valence electrons. The third-order valence-electron chi connectivity index (χ3n) is 6.67. The van der Waals surface area contributed by atoms with Gasteiger partial charge in [0.2, 0.25) is 6.79 Å². The maximum absolute atomic E-state index is 13.1. The lowest BCUT2D eigenvalue weighted by atomic mass is 9.98. The smallest absolute Gasteiger partial charge is 0.282 e. The SMILES string of the molecule is Cc1cccc(C(C)C)c1NC(=O)[C@@H](C)[NH+]1CC[NH+](Cc2ccc3c(c2)OCO3)CC1. The summed E-state index contributed by atoms with van der Waals surface area (Å²) >= 11 is 0. The molecule has 2 aliphatic heterocycles. The average Bonchev–Trinajstić information content (AvgIpc) is 3.23. The van der Waals surface area contributed by atoms with Crippen molar-refractivity contribution in [1.82, 2.24) is 0 Å². The third kappa shape index (κ3) is 4.86. The standard InChI is InChI=1S/C25H33N3O3/c1-17(2)21-7-5-6-18(3)24(21)26-25(29)19(4)28-12-10-27(11-13-28)15-20-8-9-22-23(14-20)31-16-30-22/h5-9,14,17,19H,10-13,15-16H2,1-4H3,(H,26,29)/p+2/t19-/m1/s1. The molecular weight excluding hydrogens is 390 g/mol. The highest BCUT2D eigenvalue weighted by molar-refractivity contribution is 5.95. The van der Waals surface area contributed by atoms with E-state index in [2.05, 4.69) is 63.3 Å². The lowest BCUT2D eigenvalue weighted by Gasteiger charge is -2.33. The van der Waals surface area contributed by atoms with E-state index in [0.717, 1.165) is 55.5 Å². The summed E-state index contributed by atoms with van der Waals surface area (Å²) in [6.45, 7) is 13.9. The van der Waals surface area contributed by atoms with E-state index in [1.54, 1.807) is 4.90 Å². The molecule has 1 amide bonds. The molecule has 0 aliphatic carbocycles. The monoisotopic (exact) mass is 425 g/mol. The Labute approximate surface area is 185 Å². The van der Waals surface area contributed by atoms with E-state index in [1.165, 1.54) is 16.0 Å². The number of carbonyl (C=O) groups excluding carboxylic acids is 1. The van der Waals surface area contributed by atoms with Crippen LogP contribution in [0.4, 0.5) is 5.69 Å². The minimum Gasteiger partial charge on any atom is -0.454 e. The summed E-state index contributed by atoms with van der Waals surface area (Å²) in [5, 5.41) is 3.24. The third-order valence-corrected chi connectivity index (χ3v) is 6.67. The summed E-state index contributed by atoms with van der Waals surface area (Å²) in [7, 11) is 0. The molecule has 0 bridgehead atoms. The highest BCUT2D eigenvalue weighted by Crippen LogP contribution is 2.32. The molecule has 1 saturated heterocycles. The van der Waals surface area contributed by atoms with E-state index in [4.69, 9.17) is 9.47 Å². The maximum atomic E-state index is 13.1. The van der Waals surface area contributed by atoms with Crippen LogP contribution in [0.3, 0.4) is 0 Å². The Morgan fingerprint density at radius 1 is 1.03 bits per heavy atom. The molecule has 0 spiro atoms. The first-order chi connectivity index (χ1) is 14.9. The summed E-state index contributed by atoms with van der Waals surface area (Å²) in [6.07, 6.45) is 0. The topological polar surface area (TPSA) is 56.4 Å². The van der Waals surface area contributed by atoms with Gasteiger partial charge in [-0.1, -0.05) is 32.0 Å². The number of benzene rings is 2. The molecule has 2 heterocycles. The summed E-state index contributed by atoms with van der Waals surface area (Å²) in [6, 6.07) is 12.4. The molecule has 31 heavy (non-hydrogen) atoms. The van der Waals surface area contributed by atoms with Gasteiger partial charge in [-0.2, -0.15) is 0 Å². The fourth-order valence-corrected chi connectivity index (χ4v) is 4.63. The fraction of sp³-hybridized carbons (Fsp3) is 0.480. The Morgan fingerprint density at radius 2 is 1.77 bits per heavy atom. The number of para-hydroxylation sites is 1. The number of anilines is 1. The quantitative estimate of drug-likeness (QED) is 0.651. The second kappa shape index (κ2) is 9.28. The van der Waals surface area contributed by atoms with Gasteiger partial charge in [0.25, 0.3) is 5.91 Å². The Bertz CT molecular complexity index is 936. The zero-order valence-corrected chi connectivity index (χ0v) is 19.1. The van der Waals surface area contributed by atoms with Gasteiger partial charge in [0, 0.05) is 11.3 Å². The van der Waals surface area contributed by atoms with Gasteiger partial charge < -0.3 is 24.6 Å². The van der Waals surface area contributed by atoms with Gasteiger partial charge in [-0.3, -0.25) is 4.79 Å². The normalized spacial score (nSPS) is 21.2. The number of rotatable bonds is 6. The minimum absolute atomic E-state index is 0.0632. The summed E-state index contributed by atoms with van der Waals surface area (Å²) in [5.41, 5.74) is 4.59. The molecule has 2 aromatic rings. The van der Waals surface area contributed by atoms with E-state index in [9.17, 15) is 4.79 Å². The van der Waals surface area contributed by atoms with Crippen molar-refractivity contribution in [2.24, 2.45) is 0 Å². The number of carbonyl (C=O) groups is 1. The van der Waals surface area contributed by atoms with Gasteiger partial charge >= 0.3 is 0 Å². The molecular formula is C25H35N3O3+2. The molecule has 3 N–H and O–H groups in total. The van der Waals surface area contributed by atoms with Crippen LogP contribution in [0.1, 0.15) is 43.4 Å². The lowest BCUT2D eigenvalue weighted by molar-refractivity contribution is -1.02. The fourth-order valence-electron chi connectivity index (χ4n) is 4.63. The van der Waals surface area contributed by atoms with Crippen LogP contribution < -0.4 is 24.6 Å². The molecule has 6 heteroatoms. The average molecular weight is 426 g/mol. The van der Waals surface area contributed by atoms with Crippen molar-refractivity contribution in [3.8, 4) is 11.5 Å². The summed E-state index contributed by atoms with van der Waals surface area (Å²) in [4.78, 5) is 16.0. The molecule has 1 atom stereocenters. The highest BCUT2D eigenvalue weighted by Gasteiger charge is 2.31. The number of nitrogens with one attached hydrogen (secondary N) is 3. The zero-order chi connectivity index (χ0) is 22.0. The molecule has 4 rings (SSSR count). The highest BCUT2D eigenvalue weighted by atomic mass is 16.7. The van der Waals surface area contributed by atoms with Crippen molar-refractivity contribution in [3.05, 3.63) is 53.1 Å². The molecule has 2 aromatic carbocycles. The van der Waals surface area contributed by atoms with Crippen LogP contribution in [-0.2, 0) is 11.3 Å². The number of hydrogen-bond donors (Lipinski definition) is 3. The van der Waals surface area contributed by atoms with Crippen LogP contribution in [0.25, 0.3) is 0 Å². The Morgan fingerprint density at radius 3 is 2.52 bits per heavy atom. The maximum Gasteiger partial charge on any atom is 0.282 e. The van der Waals surface area contributed by atoms with Gasteiger partial charge in [-0.05, 0) is 49.1 Å². The molecule has 0 radical (unpaired) electrons. The molecule has 0 unspecified atom stereocenters. The molecule has 2 aliphatic rings. The van der Waals surface area contributed by atoms with Gasteiger partial charge in [-0.25, -0.2) is 0 Å². The Kier molecular flexibility index (Phi) is 6.49. The van der Waals surface area contributed by atoms with Crippen molar-refractivity contribution in [3.63, 3.8) is 0 Å². The number of aryl methyl sites for hydroxylation is 1. The van der Waals surface area contributed by atoms with Crippen LogP contribution in [0, 0.1) is 6.92 Å². The zero-order valence-electron chi connectivity index (χ0n) is 19.1. The van der Waals surface area contributed by atoms with Crippen LogP contribution in [0.5, 0.6) is 11.5 Å². The molecule has 0 saturated carbocycles. The largest absolute Gasteiger partial charge is 0.454 e. The van der Waals surface area contributed by atoms with E-state index in [-0.39, 0.29) is 11.9 Å². The van der Waals surface area contributed by atoms with Crippen molar-refractivity contribution >= 4 is 11.6 Å². The van der Waals surface area contributed by atoms with Gasteiger partial charge in [0.1, 0.15) is 32.7 Å². The second-order valence-corrected chi connectivity index (χ2v) is 9.18. The summed E-state index contributed by atoms with van der Waals surface area (Å²) in [5.74, 6) is 2.18. The van der Waals surface area contributed by atoms with Gasteiger partial charge in [0.15, 0.2) is 17.5 Å². The van der Waals surface area contributed by atoms with E-state index in [0.29, 0.717) is 12.7 Å². The number of piperazine rings is 1. The Balaban J connectivity index is 1.32. The number of amides is 1. The van der Waals surface area contributed by atoms with Crippen molar-refractivity contribution in [2.75, 3.05) is 38.3 Å². The van der Waals surface area contributed by atoms with Crippen LogP contribution >= 0.6 is 0 Å². The van der Waals surface area contributed by atoms with E-state index >= 15 is 0 Å². The van der Waals surface area contributed by atoms with Crippen molar-refractivity contribution < 1.29 is 24.1 Å².